The Kier molecular flexibility index (Phi) is 4.03. The highest BCUT2D eigenvalue weighted by Crippen LogP contribution is 1.99. The van der Waals surface area contributed by atoms with Crippen molar-refractivity contribution < 1.29 is 8.42 Å². The lowest BCUT2D eigenvalue weighted by Gasteiger charge is -2.17. The molecular formula is C7H17NO2S. The SMILES string of the molecule is CCN(C)CC(C)S(C)(=O)=O. The lowest BCUT2D eigenvalue weighted by Crippen LogP contribution is -2.31. The van der Waals surface area contributed by atoms with E-state index in [0.717, 1.165) is 6.54 Å². The Morgan fingerprint density at radius 3 is 2.18 bits per heavy atom. The number of rotatable bonds is 4. The predicted molar refractivity (Wildman–Crippen MR) is 47.5 cm³/mol. The van der Waals surface area contributed by atoms with Crippen LogP contribution in [0.25, 0.3) is 0 Å². The largest absolute Gasteiger partial charge is 0.305 e. The van der Waals surface area contributed by atoms with E-state index in [-0.39, 0.29) is 5.25 Å². The van der Waals surface area contributed by atoms with Gasteiger partial charge in [-0.2, -0.15) is 0 Å². The molecule has 0 radical (unpaired) electrons. The normalized spacial score (nSPS) is 15.4. The van der Waals surface area contributed by atoms with Gasteiger partial charge in [-0.3, -0.25) is 0 Å². The van der Waals surface area contributed by atoms with Crippen LogP contribution in [0.15, 0.2) is 0 Å². The zero-order valence-corrected chi connectivity index (χ0v) is 8.48. The molecule has 0 aliphatic carbocycles. The Morgan fingerprint density at radius 2 is 1.91 bits per heavy atom. The van der Waals surface area contributed by atoms with E-state index in [2.05, 4.69) is 0 Å². The minimum atomic E-state index is -2.85. The highest BCUT2D eigenvalue weighted by atomic mass is 32.2. The van der Waals surface area contributed by atoms with Crippen LogP contribution in [0.5, 0.6) is 0 Å². The molecule has 0 aromatic heterocycles. The summed E-state index contributed by atoms with van der Waals surface area (Å²) in [5.41, 5.74) is 0. The van der Waals surface area contributed by atoms with Crippen molar-refractivity contribution in [2.24, 2.45) is 0 Å². The number of hydrogen-bond acceptors (Lipinski definition) is 3. The highest BCUT2D eigenvalue weighted by Gasteiger charge is 2.15. The Labute approximate surface area is 69.3 Å². The highest BCUT2D eigenvalue weighted by molar-refractivity contribution is 7.91. The summed E-state index contributed by atoms with van der Waals surface area (Å²) in [6, 6.07) is 0. The van der Waals surface area contributed by atoms with Gasteiger partial charge in [0.05, 0.1) is 5.25 Å². The van der Waals surface area contributed by atoms with E-state index < -0.39 is 9.84 Å². The zero-order chi connectivity index (χ0) is 9.07. The average Bonchev–Trinajstić information content (AvgIpc) is 1.85. The molecule has 1 atom stereocenters. The summed E-state index contributed by atoms with van der Waals surface area (Å²) in [5, 5.41) is -0.257. The van der Waals surface area contributed by atoms with Crippen molar-refractivity contribution in [2.75, 3.05) is 26.4 Å². The van der Waals surface area contributed by atoms with Crippen molar-refractivity contribution in [2.45, 2.75) is 19.1 Å². The summed E-state index contributed by atoms with van der Waals surface area (Å²) in [5.74, 6) is 0. The van der Waals surface area contributed by atoms with Crippen LogP contribution in [0.3, 0.4) is 0 Å². The molecule has 0 fully saturated rings. The fraction of sp³-hybridized carbons (Fsp3) is 1.00. The van der Waals surface area contributed by atoms with Gasteiger partial charge in [0.25, 0.3) is 0 Å². The zero-order valence-electron chi connectivity index (χ0n) is 7.66. The molecule has 0 saturated heterocycles. The molecular weight excluding hydrogens is 162 g/mol. The quantitative estimate of drug-likeness (QED) is 0.626. The van der Waals surface area contributed by atoms with E-state index >= 15 is 0 Å². The predicted octanol–water partition coefficient (Wildman–Crippen LogP) is 0.371. The fourth-order valence-corrected chi connectivity index (χ4v) is 1.23. The van der Waals surface area contributed by atoms with Gasteiger partial charge in [0.1, 0.15) is 0 Å². The van der Waals surface area contributed by atoms with E-state index in [1.165, 1.54) is 6.26 Å². The standard InChI is InChI=1S/C7H17NO2S/c1-5-8(3)6-7(2)11(4,9)10/h7H,5-6H2,1-4H3. The molecule has 68 valence electrons. The summed E-state index contributed by atoms with van der Waals surface area (Å²) < 4.78 is 21.9. The number of nitrogens with zero attached hydrogens (tertiary/aromatic N) is 1. The van der Waals surface area contributed by atoms with E-state index in [1.54, 1.807) is 6.92 Å². The second-order valence-electron chi connectivity index (χ2n) is 3.00. The van der Waals surface area contributed by atoms with Gasteiger partial charge in [-0.05, 0) is 20.5 Å². The molecule has 4 heteroatoms. The molecule has 0 aromatic carbocycles. The van der Waals surface area contributed by atoms with Gasteiger partial charge >= 0.3 is 0 Å². The minimum absolute atomic E-state index is 0.257. The Hall–Kier alpha value is -0.0900. The van der Waals surface area contributed by atoms with Crippen LogP contribution in [0.2, 0.25) is 0 Å². The topological polar surface area (TPSA) is 37.4 Å². The van der Waals surface area contributed by atoms with Crippen LogP contribution < -0.4 is 0 Å². The summed E-state index contributed by atoms with van der Waals surface area (Å²) in [4.78, 5) is 1.99. The fourth-order valence-electron chi connectivity index (χ4n) is 0.703. The minimum Gasteiger partial charge on any atom is -0.305 e. The van der Waals surface area contributed by atoms with Crippen molar-refractivity contribution in [3.05, 3.63) is 0 Å². The van der Waals surface area contributed by atoms with E-state index in [4.69, 9.17) is 0 Å². The third kappa shape index (κ3) is 4.37. The van der Waals surface area contributed by atoms with Crippen LogP contribution in [-0.2, 0) is 9.84 Å². The van der Waals surface area contributed by atoms with E-state index in [0.29, 0.717) is 6.54 Å². The average molecular weight is 179 g/mol. The summed E-state index contributed by atoms with van der Waals surface area (Å²) in [6.45, 7) is 5.26. The van der Waals surface area contributed by atoms with Gasteiger partial charge in [-0.1, -0.05) is 6.92 Å². The van der Waals surface area contributed by atoms with Crippen LogP contribution in [-0.4, -0.2) is 45.0 Å². The maximum atomic E-state index is 11.0. The van der Waals surface area contributed by atoms with E-state index in [1.807, 2.05) is 18.9 Å². The molecule has 1 unspecified atom stereocenters. The summed E-state index contributed by atoms with van der Waals surface area (Å²) >= 11 is 0. The van der Waals surface area contributed by atoms with Gasteiger partial charge in [0, 0.05) is 12.8 Å². The van der Waals surface area contributed by atoms with Gasteiger partial charge < -0.3 is 4.90 Å². The maximum Gasteiger partial charge on any atom is 0.151 e. The van der Waals surface area contributed by atoms with Crippen molar-refractivity contribution in [1.29, 1.82) is 0 Å². The molecule has 0 aromatic rings. The molecule has 0 spiro atoms. The molecule has 0 aliphatic rings. The second kappa shape index (κ2) is 4.07. The maximum absolute atomic E-state index is 11.0. The molecule has 3 nitrogen and oxygen atoms in total. The van der Waals surface area contributed by atoms with Crippen molar-refractivity contribution in [1.82, 2.24) is 4.90 Å². The molecule has 0 amide bonds. The van der Waals surface area contributed by atoms with Crippen LogP contribution in [0, 0.1) is 0 Å². The molecule has 0 aliphatic heterocycles. The molecule has 0 rings (SSSR count). The first kappa shape index (κ1) is 10.9. The first-order valence-corrected chi connectivity index (χ1v) is 5.70. The van der Waals surface area contributed by atoms with Crippen LogP contribution in [0.4, 0.5) is 0 Å². The first-order valence-electron chi connectivity index (χ1n) is 3.75. The number of hydrogen-bond donors (Lipinski definition) is 0. The van der Waals surface area contributed by atoms with Gasteiger partial charge in [0.15, 0.2) is 9.84 Å². The molecule has 0 bridgehead atoms. The molecule has 0 saturated carbocycles. The Balaban J connectivity index is 3.98. The van der Waals surface area contributed by atoms with Gasteiger partial charge in [-0.25, -0.2) is 8.42 Å². The first-order chi connectivity index (χ1) is 4.88. The van der Waals surface area contributed by atoms with Gasteiger partial charge in [0.2, 0.25) is 0 Å². The summed E-state index contributed by atoms with van der Waals surface area (Å²) in [7, 11) is -0.931. The summed E-state index contributed by atoms with van der Waals surface area (Å²) in [6.07, 6.45) is 1.28. The molecule has 0 N–H and O–H groups in total. The third-order valence-corrected chi connectivity index (χ3v) is 3.45. The number of sulfone groups is 1. The smallest absolute Gasteiger partial charge is 0.151 e. The lowest BCUT2D eigenvalue weighted by atomic mass is 10.4. The Bertz CT molecular complexity index is 198. The van der Waals surface area contributed by atoms with E-state index in [9.17, 15) is 8.42 Å². The van der Waals surface area contributed by atoms with Crippen LogP contribution >= 0.6 is 0 Å². The lowest BCUT2D eigenvalue weighted by molar-refractivity contribution is 0.353. The van der Waals surface area contributed by atoms with Crippen molar-refractivity contribution in [3.63, 3.8) is 0 Å². The van der Waals surface area contributed by atoms with Crippen LogP contribution in [0.1, 0.15) is 13.8 Å². The molecule has 0 heterocycles. The molecule has 11 heavy (non-hydrogen) atoms. The monoisotopic (exact) mass is 179 g/mol. The van der Waals surface area contributed by atoms with Crippen molar-refractivity contribution in [3.8, 4) is 0 Å². The third-order valence-electron chi connectivity index (χ3n) is 1.84. The van der Waals surface area contributed by atoms with Crippen molar-refractivity contribution >= 4 is 9.84 Å². The Morgan fingerprint density at radius 1 is 1.45 bits per heavy atom. The van der Waals surface area contributed by atoms with Gasteiger partial charge in [-0.15, -0.1) is 0 Å². The second-order valence-corrected chi connectivity index (χ2v) is 5.46.